The second-order valence-electron chi connectivity index (χ2n) is 6.27. The van der Waals surface area contributed by atoms with Crippen LogP contribution in [0.1, 0.15) is 19.3 Å². The summed E-state index contributed by atoms with van der Waals surface area (Å²) in [5.41, 5.74) is -0.235. The van der Waals surface area contributed by atoms with E-state index in [4.69, 9.17) is 9.47 Å². The van der Waals surface area contributed by atoms with Crippen molar-refractivity contribution in [3.63, 3.8) is 0 Å². The lowest BCUT2D eigenvalue weighted by Gasteiger charge is -2.09. The number of amidine groups is 1. The molecule has 0 aromatic heterocycles. The molecule has 10 nitrogen and oxygen atoms in total. The number of ether oxygens (including phenoxy) is 2. The maximum absolute atomic E-state index is 12.3. The molecule has 2 atom stereocenters. The highest BCUT2D eigenvalue weighted by molar-refractivity contribution is 8.15. The number of anilines is 1. The molecule has 2 aliphatic heterocycles. The van der Waals surface area contributed by atoms with Crippen LogP contribution in [-0.2, 0) is 14.3 Å². The number of nitro groups is 1. The van der Waals surface area contributed by atoms with Crippen molar-refractivity contribution in [3.8, 4) is 5.75 Å². The van der Waals surface area contributed by atoms with Gasteiger partial charge in [-0.15, -0.1) is 0 Å². The Kier molecular flexibility index (Phi) is 6.47. The first kappa shape index (κ1) is 20.1. The van der Waals surface area contributed by atoms with E-state index in [1.807, 2.05) is 0 Å². The number of aliphatic imine (C=N–C) groups is 1. The molecule has 2 fully saturated rings. The lowest BCUT2D eigenvalue weighted by molar-refractivity contribution is -0.384. The second-order valence-corrected chi connectivity index (χ2v) is 7.46. The van der Waals surface area contributed by atoms with E-state index in [1.165, 1.54) is 37.1 Å². The summed E-state index contributed by atoms with van der Waals surface area (Å²) in [5, 5.41) is 16.2. The SMILES string of the molecule is COc1ccc(NC(=O)C[C@@H]2SC(=NC[C@@H]3CCCO3)NC2=O)c([N+](=O)[O-])c1. The van der Waals surface area contributed by atoms with Gasteiger partial charge in [-0.2, -0.15) is 0 Å². The molecule has 11 heteroatoms. The molecule has 2 saturated heterocycles. The summed E-state index contributed by atoms with van der Waals surface area (Å²) in [6.07, 6.45) is 1.90. The lowest BCUT2D eigenvalue weighted by atomic mass is 10.2. The Morgan fingerprint density at radius 1 is 1.54 bits per heavy atom. The molecule has 0 radical (unpaired) electrons. The maximum atomic E-state index is 12.3. The standard InChI is InChI=1S/C17H20N4O6S/c1-26-10-4-5-12(13(7-10)21(24)25)19-15(22)8-14-16(23)20-17(28-14)18-9-11-3-2-6-27-11/h4-5,7,11,14H,2-3,6,8-9H2,1H3,(H,19,22)(H,18,20,23)/t11-,14-/m0/s1. The van der Waals surface area contributed by atoms with Crippen molar-refractivity contribution in [2.45, 2.75) is 30.6 Å². The molecule has 0 saturated carbocycles. The molecule has 0 unspecified atom stereocenters. The second kappa shape index (κ2) is 9.02. The summed E-state index contributed by atoms with van der Waals surface area (Å²) >= 11 is 1.18. The fourth-order valence-corrected chi connectivity index (χ4v) is 3.83. The van der Waals surface area contributed by atoms with Gasteiger partial charge in [0.1, 0.15) is 16.7 Å². The number of nitrogens with zero attached hydrogens (tertiary/aromatic N) is 2. The van der Waals surface area contributed by atoms with Crippen LogP contribution in [0.3, 0.4) is 0 Å². The number of benzene rings is 1. The number of methoxy groups -OCH3 is 1. The lowest BCUT2D eigenvalue weighted by Crippen LogP contribution is -2.28. The first-order chi connectivity index (χ1) is 13.5. The Morgan fingerprint density at radius 2 is 2.36 bits per heavy atom. The zero-order valence-corrected chi connectivity index (χ0v) is 16.0. The van der Waals surface area contributed by atoms with Gasteiger partial charge in [0.05, 0.1) is 30.7 Å². The third-order valence-corrected chi connectivity index (χ3v) is 5.41. The summed E-state index contributed by atoms with van der Waals surface area (Å²) in [5.74, 6) is -0.501. The van der Waals surface area contributed by atoms with Crippen LogP contribution in [0.5, 0.6) is 5.75 Å². The van der Waals surface area contributed by atoms with Gasteiger partial charge in [0.25, 0.3) is 5.69 Å². The smallest absolute Gasteiger partial charge is 0.296 e. The maximum Gasteiger partial charge on any atom is 0.296 e. The molecule has 2 N–H and O–H groups in total. The van der Waals surface area contributed by atoms with Gasteiger partial charge in [-0.25, -0.2) is 0 Å². The molecular weight excluding hydrogens is 388 g/mol. The van der Waals surface area contributed by atoms with E-state index in [0.29, 0.717) is 17.5 Å². The summed E-state index contributed by atoms with van der Waals surface area (Å²) in [7, 11) is 1.39. The van der Waals surface area contributed by atoms with Gasteiger partial charge in [-0.1, -0.05) is 11.8 Å². The molecular formula is C17H20N4O6S. The Balaban J connectivity index is 1.58. The largest absolute Gasteiger partial charge is 0.496 e. The van der Waals surface area contributed by atoms with Gasteiger partial charge in [-0.3, -0.25) is 24.7 Å². The predicted octanol–water partition coefficient (Wildman–Crippen LogP) is 1.70. The number of carbonyl (C=O) groups is 2. The number of amides is 2. The Labute approximate surface area is 165 Å². The van der Waals surface area contributed by atoms with Crippen molar-refractivity contribution in [2.24, 2.45) is 4.99 Å². The van der Waals surface area contributed by atoms with E-state index >= 15 is 0 Å². The van der Waals surface area contributed by atoms with E-state index in [1.54, 1.807) is 0 Å². The minimum atomic E-state index is -0.638. The minimum Gasteiger partial charge on any atom is -0.496 e. The number of hydrogen-bond acceptors (Lipinski definition) is 8. The molecule has 0 aliphatic carbocycles. The topological polar surface area (TPSA) is 132 Å². The third kappa shape index (κ3) is 4.98. The van der Waals surface area contributed by atoms with Crippen LogP contribution in [0.4, 0.5) is 11.4 Å². The van der Waals surface area contributed by atoms with E-state index in [0.717, 1.165) is 19.4 Å². The van der Waals surface area contributed by atoms with Crippen molar-refractivity contribution in [1.29, 1.82) is 0 Å². The Hall–Kier alpha value is -2.66. The van der Waals surface area contributed by atoms with Gasteiger partial charge in [-0.05, 0) is 25.0 Å². The van der Waals surface area contributed by atoms with Crippen LogP contribution in [0.25, 0.3) is 0 Å². The molecule has 28 heavy (non-hydrogen) atoms. The molecule has 0 bridgehead atoms. The normalized spacial score (nSPS) is 22.9. The minimum absolute atomic E-state index is 0.0477. The molecule has 150 valence electrons. The molecule has 0 spiro atoms. The zero-order valence-electron chi connectivity index (χ0n) is 15.2. The van der Waals surface area contributed by atoms with Crippen LogP contribution in [-0.4, -0.2) is 53.5 Å². The first-order valence-corrected chi connectivity index (χ1v) is 9.60. The molecule has 1 aromatic carbocycles. The zero-order chi connectivity index (χ0) is 20.1. The predicted molar refractivity (Wildman–Crippen MR) is 104 cm³/mol. The van der Waals surface area contributed by atoms with Crippen LogP contribution >= 0.6 is 11.8 Å². The molecule has 2 amide bonds. The van der Waals surface area contributed by atoms with Gasteiger partial charge in [0.2, 0.25) is 11.8 Å². The monoisotopic (exact) mass is 408 g/mol. The van der Waals surface area contributed by atoms with Crippen LogP contribution in [0, 0.1) is 10.1 Å². The number of carbonyl (C=O) groups excluding carboxylic acids is 2. The highest BCUT2D eigenvalue weighted by Gasteiger charge is 2.32. The first-order valence-electron chi connectivity index (χ1n) is 8.72. The molecule has 2 heterocycles. The van der Waals surface area contributed by atoms with Gasteiger partial charge >= 0.3 is 0 Å². The van der Waals surface area contributed by atoms with Gasteiger partial charge in [0.15, 0.2) is 5.17 Å². The highest BCUT2D eigenvalue weighted by atomic mass is 32.2. The number of hydrogen-bond donors (Lipinski definition) is 2. The average Bonchev–Trinajstić information content (AvgIpc) is 3.30. The summed E-state index contributed by atoms with van der Waals surface area (Å²) in [6.45, 7) is 1.20. The number of rotatable bonds is 7. The van der Waals surface area contributed by atoms with Crippen molar-refractivity contribution >= 4 is 40.1 Å². The highest BCUT2D eigenvalue weighted by Crippen LogP contribution is 2.30. The molecule has 3 rings (SSSR count). The van der Waals surface area contributed by atoms with Gasteiger partial charge < -0.3 is 20.1 Å². The Bertz CT molecular complexity index is 809. The fourth-order valence-electron chi connectivity index (χ4n) is 2.85. The van der Waals surface area contributed by atoms with E-state index in [9.17, 15) is 19.7 Å². The van der Waals surface area contributed by atoms with Crippen molar-refractivity contribution < 1.29 is 24.0 Å². The van der Waals surface area contributed by atoms with E-state index < -0.39 is 16.1 Å². The number of nitrogens with one attached hydrogen (secondary N) is 2. The van der Waals surface area contributed by atoms with Crippen LogP contribution < -0.4 is 15.4 Å². The fraction of sp³-hybridized carbons (Fsp3) is 0.471. The summed E-state index contributed by atoms with van der Waals surface area (Å²) in [4.78, 5) is 39.3. The van der Waals surface area contributed by atoms with Crippen molar-refractivity contribution in [2.75, 3.05) is 25.6 Å². The average molecular weight is 408 g/mol. The number of thioether (sulfide) groups is 1. The Morgan fingerprint density at radius 3 is 3.04 bits per heavy atom. The van der Waals surface area contributed by atoms with E-state index in [-0.39, 0.29) is 29.8 Å². The summed E-state index contributed by atoms with van der Waals surface area (Å²) in [6, 6.07) is 4.13. The van der Waals surface area contributed by atoms with Crippen LogP contribution in [0.2, 0.25) is 0 Å². The van der Waals surface area contributed by atoms with Gasteiger partial charge in [0, 0.05) is 13.0 Å². The number of nitro benzene ring substituents is 1. The molecule has 2 aliphatic rings. The van der Waals surface area contributed by atoms with Crippen LogP contribution in [0.15, 0.2) is 23.2 Å². The van der Waals surface area contributed by atoms with E-state index in [2.05, 4.69) is 15.6 Å². The molecule has 1 aromatic rings. The van der Waals surface area contributed by atoms with Crippen molar-refractivity contribution in [3.05, 3.63) is 28.3 Å². The third-order valence-electron chi connectivity index (χ3n) is 4.29. The quantitative estimate of drug-likeness (QED) is 0.518. The van der Waals surface area contributed by atoms with Crippen molar-refractivity contribution in [1.82, 2.24) is 5.32 Å². The summed E-state index contributed by atoms with van der Waals surface area (Å²) < 4.78 is 10.5.